The van der Waals surface area contributed by atoms with E-state index in [-0.39, 0.29) is 5.82 Å². The van der Waals surface area contributed by atoms with Gasteiger partial charge in [-0.15, -0.1) is 0 Å². The van der Waals surface area contributed by atoms with Crippen molar-refractivity contribution in [1.82, 2.24) is 9.55 Å². The first-order chi connectivity index (χ1) is 11.0. The van der Waals surface area contributed by atoms with Gasteiger partial charge in [0.05, 0.1) is 6.61 Å². The van der Waals surface area contributed by atoms with Gasteiger partial charge in [-0.25, -0.2) is 4.79 Å². The second kappa shape index (κ2) is 5.77. The van der Waals surface area contributed by atoms with Crippen molar-refractivity contribution in [2.75, 3.05) is 19.5 Å². The molecule has 3 rings (SSSR count). The predicted molar refractivity (Wildman–Crippen MR) is 72.5 cm³/mol. The zero-order valence-corrected chi connectivity index (χ0v) is 12.0. The number of aliphatic hydroxyl groups is 1. The number of fused-ring (bicyclic) bond motifs is 1. The highest BCUT2D eigenvalue weighted by Gasteiger charge is 2.62. The van der Waals surface area contributed by atoms with E-state index in [9.17, 15) is 9.90 Å². The van der Waals surface area contributed by atoms with E-state index in [0.29, 0.717) is 0 Å². The molecule has 0 amide bonds. The van der Waals surface area contributed by atoms with Crippen molar-refractivity contribution >= 4 is 5.82 Å². The standard InChI is InChI=1S/C11H14N6O6/c1-20-10-21-6-7(22-10)11(4-18,15-16-13)23-8(6)17-3-2-5(12)14-9(17)19/h2-3,6-8,10,18H,4H2,1H3,(H2,12,14,19)/t6?,7-,8+,10+,11+/m0/s1. The summed E-state index contributed by atoms with van der Waals surface area (Å²) in [6, 6.07) is 1.40. The number of hydrogen-bond acceptors (Lipinski definition) is 9. The van der Waals surface area contributed by atoms with E-state index in [2.05, 4.69) is 15.0 Å². The van der Waals surface area contributed by atoms with Gasteiger partial charge < -0.3 is 29.8 Å². The van der Waals surface area contributed by atoms with Crippen LogP contribution in [-0.4, -0.2) is 52.8 Å². The Balaban J connectivity index is 2.04. The predicted octanol–water partition coefficient (Wildman–Crippen LogP) is -0.933. The molecular formula is C11H14N6O6. The molecule has 0 radical (unpaired) electrons. The summed E-state index contributed by atoms with van der Waals surface area (Å²) in [4.78, 5) is 18.3. The molecule has 5 atom stereocenters. The molecule has 0 saturated carbocycles. The van der Waals surface area contributed by atoms with Crippen molar-refractivity contribution < 1.29 is 24.1 Å². The lowest BCUT2D eigenvalue weighted by atomic mass is 10.1. The Labute approximate surface area is 129 Å². The van der Waals surface area contributed by atoms with E-state index in [4.69, 9.17) is 30.2 Å². The number of anilines is 1. The molecule has 0 spiro atoms. The largest absolute Gasteiger partial charge is 0.393 e. The maximum Gasteiger partial charge on any atom is 0.351 e. The van der Waals surface area contributed by atoms with Crippen molar-refractivity contribution in [1.29, 1.82) is 0 Å². The summed E-state index contributed by atoms with van der Waals surface area (Å²) in [7, 11) is 1.35. The number of hydrogen-bond donors (Lipinski definition) is 2. The number of ether oxygens (including phenoxy) is 4. The Hall–Kier alpha value is -2.21. The van der Waals surface area contributed by atoms with Gasteiger partial charge in [-0.2, -0.15) is 4.98 Å². The number of nitrogen functional groups attached to an aromatic ring is 1. The minimum atomic E-state index is -1.75. The molecule has 12 heteroatoms. The molecule has 2 saturated heterocycles. The maximum atomic E-state index is 12.0. The van der Waals surface area contributed by atoms with Gasteiger partial charge in [-0.1, -0.05) is 5.11 Å². The molecule has 2 fully saturated rings. The van der Waals surface area contributed by atoms with E-state index >= 15 is 0 Å². The summed E-state index contributed by atoms with van der Waals surface area (Å²) in [6.07, 6.45) is -1.51. The molecule has 2 aliphatic heterocycles. The molecule has 3 heterocycles. The van der Waals surface area contributed by atoms with Crippen molar-refractivity contribution in [3.63, 3.8) is 0 Å². The van der Waals surface area contributed by atoms with Crippen LogP contribution in [0.3, 0.4) is 0 Å². The summed E-state index contributed by atoms with van der Waals surface area (Å²) in [5.41, 5.74) is 11.8. The lowest BCUT2D eigenvalue weighted by molar-refractivity contribution is -0.270. The summed E-state index contributed by atoms with van der Waals surface area (Å²) >= 11 is 0. The number of azide groups is 1. The second-order valence-electron chi connectivity index (χ2n) is 4.92. The lowest BCUT2D eigenvalue weighted by Crippen LogP contribution is -2.43. The van der Waals surface area contributed by atoms with E-state index in [1.54, 1.807) is 0 Å². The van der Waals surface area contributed by atoms with E-state index in [0.717, 1.165) is 4.57 Å². The maximum absolute atomic E-state index is 12.0. The fraction of sp³-hybridized carbons (Fsp3) is 0.636. The van der Waals surface area contributed by atoms with Crippen LogP contribution in [0.25, 0.3) is 10.4 Å². The van der Waals surface area contributed by atoms with Crippen LogP contribution >= 0.6 is 0 Å². The quantitative estimate of drug-likeness (QED) is 0.406. The van der Waals surface area contributed by atoms with Crippen molar-refractivity contribution in [2.45, 2.75) is 30.6 Å². The minimum Gasteiger partial charge on any atom is -0.393 e. The fourth-order valence-corrected chi connectivity index (χ4v) is 2.61. The Kier molecular flexibility index (Phi) is 3.93. The smallest absolute Gasteiger partial charge is 0.351 e. The normalized spacial score (nSPS) is 35.7. The molecule has 2 aliphatic rings. The minimum absolute atomic E-state index is 0.0441. The zero-order valence-electron chi connectivity index (χ0n) is 12.0. The molecule has 23 heavy (non-hydrogen) atoms. The molecule has 1 aromatic rings. The van der Waals surface area contributed by atoms with Crippen LogP contribution in [0.5, 0.6) is 0 Å². The first kappa shape index (κ1) is 15.7. The number of nitrogens with two attached hydrogens (primary N) is 1. The first-order valence-corrected chi connectivity index (χ1v) is 6.58. The van der Waals surface area contributed by atoms with Gasteiger partial charge in [-0.05, 0) is 11.6 Å². The van der Waals surface area contributed by atoms with Crippen LogP contribution in [0.2, 0.25) is 0 Å². The van der Waals surface area contributed by atoms with Gasteiger partial charge in [0.1, 0.15) is 18.0 Å². The number of methoxy groups -OCH3 is 1. The number of nitrogens with zero attached hydrogens (tertiary/aromatic N) is 5. The molecule has 0 aliphatic carbocycles. The Bertz CT molecular complexity index is 704. The third kappa shape index (κ3) is 2.43. The summed E-state index contributed by atoms with van der Waals surface area (Å²) in [6.45, 7) is -1.72. The monoisotopic (exact) mass is 326 g/mol. The van der Waals surface area contributed by atoms with Crippen molar-refractivity contribution in [3.8, 4) is 0 Å². The number of rotatable bonds is 4. The molecular weight excluding hydrogens is 312 g/mol. The summed E-state index contributed by atoms with van der Waals surface area (Å²) in [5, 5.41) is 13.1. The van der Waals surface area contributed by atoms with Crippen LogP contribution in [0.4, 0.5) is 5.82 Å². The highest BCUT2D eigenvalue weighted by molar-refractivity contribution is 5.23. The Morgan fingerprint density at radius 2 is 2.43 bits per heavy atom. The van der Waals surface area contributed by atoms with Crippen LogP contribution in [0.15, 0.2) is 22.2 Å². The molecule has 0 bridgehead atoms. The second-order valence-corrected chi connectivity index (χ2v) is 4.92. The molecule has 12 nitrogen and oxygen atoms in total. The van der Waals surface area contributed by atoms with Crippen LogP contribution < -0.4 is 11.4 Å². The fourth-order valence-electron chi connectivity index (χ4n) is 2.61. The Morgan fingerprint density at radius 3 is 3.04 bits per heavy atom. The topological polar surface area (TPSA) is 167 Å². The summed E-state index contributed by atoms with van der Waals surface area (Å²) in [5.74, 6) is 0.0441. The number of aromatic nitrogens is 2. The Morgan fingerprint density at radius 1 is 1.65 bits per heavy atom. The average Bonchev–Trinajstić information content (AvgIpc) is 3.07. The van der Waals surface area contributed by atoms with Crippen LogP contribution in [0.1, 0.15) is 6.23 Å². The van der Waals surface area contributed by atoms with Gasteiger partial charge in [0.2, 0.25) is 5.72 Å². The number of aliphatic hydroxyl groups excluding tert-OH is 1. The van der Waals surface area contributed by atoms with Crippen molar-refractivity contribution in [2.24, 2.45) is 5.11 Å². The third-order valence-electron chi connectivity index (χ3n) is 3.63. The molecule has 1 aromatic heterocycles. The molecule has 1 unspecified atom stereocenters. The van der Waals surface area contributed by atoms with Crippen LogP contribution in [0, 0.1) is 0 Å². The molecule has 3 N–H and O–H groups in total. The van der Waals surface area contributed by atoms with E-state index in [1.807, 2.05) is 0 Å². The van der Waals surface area contributed by atoms with E-state index in [1.165, 1.54) is 19.4 Å². The van der Waals surface area contributed by atoms with Crippen LogP contribution in [-0.2, 0) is 18.9 Å². The van der Waals surface area contributed by atoms with Gasteiger partial charge in [0.25, 0.3) is 6.48 Å². The van der Waals surface area contributed by atoms with Gasteiger partial charge >= 0.3 is 5.69 Å². The summed E-state index contributed by atoms with van der Waals surface area (Å²) < 4.78 is 22.6. The zero-order chi connectivity index (χ0) is 16.6. The highest BCUT2D eigenvalue weighted by Crippen LogP contribution is 2.45. The lowest BCUT2D eigenvalue weighted by Gasteiger charge is -2.26. The average molecular weight is 326 g/mol. The SMILES string of the molecule is CO[C@@H]1OC2[C@H](n3ccc(N)nc3=O)O[C@@](CO)(N=[N+]=[N-])[C@H]2O1. The first-order valence-electron chi connectivity index (χ1n) is 6.58. The van der Waals surface area contributed by atoms with Gasteiger partial charge in [0, 0.05) is 18.2 Å². The highest BCUT2D eigenvalue weighted by atomic mass is 16.9. The molecule has 0 aromatic carbocycles. The molecule has 124 valence electrons. The van der Waals surface area contributed by atoms with E-state index < -0.39 is 42.9 Å². The van der Waals surface area contributed by atoms with Gasteiger partial charge in [0.15, 0.2) is 6.23 Å². The third-order valence-corrected chi connectivity index (χ3v) is 3.63. The van der Waals surface area contributed by atoms with Crippen molar-refractivity contribution in [3.05, 3.63) is 33.2 Å². The van der Waals surface area contributed by atoms with Gasteiger partial charge in [-0.3, -0.25) is 4.57 Å².